The van der Waals surface area contributed by atoms with Gasteiger partial charge in [0.05, 0.1) is 34.4 Å². The predicted octanol–water partition coefficient (Wildman–Crippen LogP) is 7.74. The molecule has 0 aliphatic heterocycles. The SMILES string of the molecule is CCCCCCCCCCCCCCCCCC(=O)OCCCOP(C)(=O)OCC[N+](C)(C)C. The summed E-state index contributed by atoms with van der Waals surface area (Å²) >= 11 is 0. The van der Waals surface area contributed by atoms with Gasteiger partial charge in [-0.25, -0.2) is 0 Å². The minimum Gasteiger partial charge on any atom is -0.466 e. The smallest absolute Gasteiger partial charge is 0.327 e. The van der Waals surface area contributed by atoms with Crippen LogP contribution in [0.4, 0.5) is 0 Å². The molecule has 34 heavy (non-hydrogen) atoms. The Bertz CT molecular complexity index is 522. The van der Waals surface area contributed by atoms with Gasteiger partial charge in [-0.2, -0.15) is 0 Å². The second-order valence-electron chi connectivity index (χ2n) is 10.7. The summed E-state index contributed by atoms with van der Waals surface area (Å²) < 4.78 is 28.9. The Morgan fingerprint density at radius 3 is 1.56 bits per heavy atom. The van der Waals surface area contributed by atoms with Crippen molar-refractivity contribution in [3.05, 3.63) is 0 Å². The van der Waals surface area contributed by atoms with Crippen LogP contribution < -0.4 is 0 Å². The molecule has 0 bridgehead atoms. The van der Waals surface area contributed by atoms with Crippen molar-refractivity contribution in [1.82, 2.24) is 0 Å². The number of unbranched alkanes of at least 4 members (excludes halogenated alkanes) is 14. The van der Waals surface area contributed by atoms with E-state index in [1.54, 1.807) is 0 Å². The molecule has 0 spiro atoms. The van der Waals surface area contributed by atoms with E-state index in [-0.39, 0.29) is 12.6 Å². The molecule has 0 fully saturated rings. The van der Waals surface area contributed by atoms with E-state index in [9.17, 15) is 9.36 Å². The highest BCUT2D eigenvalue weighted by atomic mass is 31.2. The van der Waals surface area contributed by atoms with Gasteiger partial charge >= 0.3 is 13.6 Å². The van der Waals surface area contributed by atoms with Gasteiger partial charge in [0.25, 0.3) is 0 Å². The Balaban J connectivity index is 3.39. The fraction of sp³-hybridized carbons (Fsp3) is 0.963. The van der Waals surface area contributed by atoms with E-state index in [2.05, 4.69) is 28.1 Å². The molecular weight excluding hydrogens is 449 g/mol. The van der Waals surface area contributed by atoms with Crippen molar-refractivity contribution >= 4 is 13.6 Å². The summed E-state index contributed by atoms with van der Waals surface area (Å²) in [5.74, 6) is -0.145. The highest BCUT2D eigenvalue weighted by Crippen LogP contribution is 2.43. The van der Waals surface area contributed by atoms with E-state index in [1.165, 1.54) is 90.1 Å². The lowest BCUT2D eigenvalue weighted by molar-refractivity contribution is -0.870. The van der Waals surface area contributed by atoms with Gasteiger partial charge in [0, 0.05) is 19.5 Å². The van der Waals surface area contributed by atoms with Crippen molar-refractivity contribution in [2.24, 2.45) is 0 Å². The van der Waals surface area contributed by atoms with E-state index in [0.29, 0.717) is 26.1 Å². The Morgan fingerprint density at radius 2 is 1.09 bits per heavy atom. The third-order valence-corrected chi connectivity index (χ3v) is 7.25. The van der Waals surface area contributed by atoms with Gasteiger partial charge < -0.3 is 18.3 Å². The quantitative estimate of drug-likeness (QED) is 0.0548. The summed E-state index contributed by atoms with van der Waals surface area (Å²) in [5.41, 5.74) is 0. The van der Waals surface area contributed by atoms with Gasteiger partial charge in [0.15, 0.2) is 0 Å². The molecule has 7 heteroatoms. The van der Waals surface area contributed by atoms with Crippen molar-refractivity contribution < 1.29 is 27.6 Å². The molecule has 0 rings (SSSR count). The number of likely N-dealkylation sites (N-methyl/N-ethyl adjacent to an activating group) is 1. The van der Waals surface area contributed by atoms with E-state index >= 15 is 0 Å². The molecule has 1 unspecified atom stereocenters. The highest BCUT2D eigenvalue weighted by Gasteiger charge is 2.18. The minimum atomic E-state index is -3.04. The molecule has 0 amide bonds. The number of carbonyl (C=O) groups excluding carboxylic acids is 1. The first-order valence-electron chi connectivity index (χ1n) is 14.0. The van der Waals surface area contributed by atoms with Crippen LogP contribution in [0.1, 0.15) is 116 Å². The zero-order chi connectivity index (χ0) is 25.5. The van der Waals surface area contributed by atoms with Crippen LogP contribution >= 0.6 is 7.60 Å². The molecule has 0 saturated carbocycles. The minimum absolute atomic E-state index is 0.145. The van der Waals surface area contributed by atoms with Crippen LogP contribution in [0.5, 0.6) is 0 Å². The van der Waals surface area contributed by atoms with Crippen molar-refractivity contribution in [1.29, 1.82) is 0 Å². The third kappa shape index (κ3) is 26.2. The van der Waals surface area contributed by atoms with Gasteiger partial charge in [0.1, 0.15) is 13.2 Å². The average molecular weight is 507 g/mol. The fourth-order valence-electron chi connectivity index (χ4n) is 3.71. The summed E-state index contributed by atoms with van der Waals surface area (Å²) in [4.78, 5) is 11.8. The summed E-state index contributed by atoms with van der Waals surface area (Å²) in [7, 11) is 3.12. The summed E-state index contributed by atoms with van der Waals surface area (Å²) in [6.45, 7) is 5.49. The van der Waals surface area contributed by atoms with Crippen LogP contribution in [0.2, 0.25) is 0 Å². The Labute approximate surface area is 211 Å². The monoisotopic (exact) mass is 506 g/mol. The third-order valence-electron chi connectivity index (χ3n) is 5.95. The van der Waals surface area contributed by atoms with Gasteiger partial charge in [-0.05, 0) is 6.42 Å². The number of nitrogens with zero attached hydrogens (tertiary/aromatic N) is 1. The Hall–Kier alpha value is -0.420. The normalized spacial score (nSPS) is 13.7. The standard InChI is InChI=1S/C27H57NO5P/c1-6-7-8-9-10-11-12-13-14-15-16-17-18-19-20-22-27(29)31-24-21-25-32-34(5,30)33-26-23-28(2,3)4/h6-26H2,1-5H3/q+1. The Morgan fingerprint density at radius 1 is 0.647 bits per heavy atom. The molecule has 0 aromatic carbocycles. The van der Waals surface area contributed by atoms with Crippen molar-refractivity contribution in [3.63, 3.8) is 0 Å². The van der Waals surface area contributed by atoms with E-state index in [4.69, 9.17) is 13.8 Å². The van der Waals surface area contributed by atoms with Crippen molar-refractivity contribution in [2.75, 3.05) is 54.2 Å². The average Bonchev–Trinajstić information content (AvgIpc) is 2.75. The highest BCUT2D eigenvalue weighted by molar-refractivity contribution is 7.52. The molecule has 6 nitrogen and oxygen atoms in total. The lowest BCUT2D eigenvalue weighted by Crippen LogP contribution is -2.37. The molecule has 0 saturated heterocycles. The molecular formula is C27H57NO5P+. The van der Waals surface area contributed by atoms with Crippen LogP contribution in [-0.2, 0) is 23.1 Å². The lowest BCUT2D eigenvalue weighted by Gasteiger charge is -2.24. The maximum atomic E-state index is 12.2. The number of esters is 1. The maximum absolute atomic E-state index is 12.2. The van der Waals surface area contributed by atoms with Crippen LogP contribution in [0.3, 0.4) is 0 Å². The molecule has 0 radical (unpaired) electrons. The fourth-order valence-corrected chi connectivity index (χ4v) is 4.65. The number of carbonyl (C=O) groups is 1. The maximum Gasteiger partial charge on any atom is 0.327 e. The number of hydrogen-bond donors (Lipinski definition) is 0. The number of ether oxygens (including phenoxy) is 1. The molecule has 0 aliphatic rings. The number of rotatable bonds is 25. The van der Waals surface area contributed by atoms with Gasteiger partial charge in [-0.3, -0.25) is 9.36 Å². The first-order valence-corrected chi connectivity index (χ1v) is 16.0. The van der Waals surface area contributed by atoms with Gasteiger partial charge in [0.2, 0.25) is 0 Å². The molecule has 0 aliphatic carbocycles. The first kappa shape index (κ1) is 33.6. The topological polar surface area (TPSA) is 61.8 Å². The van der Waals surface area contributed by atoms with Crippen LogP contribution in [0, 0.1) is 0 Å². The van der Waals surface area contributed by atoms with Gasteiger partial charge in [-0.1, -0.05) is 96.8 Å². The van der Waals surface area contributed by atoms with Crippen molar-refractivity contribution in [3.8, 4) is 0 Å². The van der Waals surface area contributed by atoms with E-state index in [1.807, 2.05) is 0 Å². The largest absolute Gasteiger partial charge is 0.466 e. The number of quaternary nitrogens is 1. The van der Waals surface area contributed by atoms with E-state index < -0.39 is 7.60 Å². The second kappa shape index (κ2) is 21.8. The molecule has 204 valence electrons. The summed E-state index contributed by atoms with van der Waals surface area (Å²) in [6, 6.07) is 0. The van der Waals surface area contributed by atoms with Crippen LogP contribution in [0.25, 0.3) is 0 Å². The molecule has 0 aromatic rings. The lowest BCUT2D eigenvalue weighted by atomic mass is 10.0. The first-order chi connectivity index (χ1) is 16.2. The molecule has 1 atom stereocenters. The summed E-state index contributed by atoms with van der Waals surface area (Å²) in [5, 5.41) is 0. The zero-order valence-corrected chi connectivity index (χ0v) is 24.2. The summed E-state index contributed by atoms with van der Waals surface area (Å²) in [6.07, 6.45) is 20.7. The predicted molar refractivity (Wildman–Crippen MR) is 143 cm³/mol. The van der Waals surface area contributed by atoms with Crippen LogP contribution in [-0.4, -0.2) is 64.6 Å². The second-order valence-corrected chi connectivity index (χ2v) is 12.8. The Kier molecular flexibility index (Phi) is 21.6. The van der Waals surface area contributed by atoms with E-state index in [0.717, 1.165) is 23.9 Å². The van der Waals surface area contributed by atoms with Crippen molar-refractivity contribution in [2.45, 2.75) is 116 Å². The number of hydrogen-bond acceptors (Lipinski definition) is 5. The molecule has 0 N–H and O–H groups in total. The van der Waals surface area contributed by atoms with Crippen LogP contribution in [0.15, 0.2) is 0 Å². The zero-order valence-electron chi connectivity index (χ0n) is 23.3. The molecule has 0 aromatic heterocycles. The molecule has 0 heterocycles. The van der Waals surface area contributed by atoms with Gasteiger partial charge in [-0.15, -0.1) is 0 Å².